The molecular weight excluding hydrogens is 326 g/mol. The number of anilines is 1. The minimum Gasteiger partial charge on any atom is -0.382 e. The van der Waals surface area contributed by atoms with E-state index in [4.69, 9.17) is 5.73 Å². The number of hydrogen-bond acceptors (Lipinski definition) is 2. The van der Waals surface area contributed by atoms with Gasteiger partial charge in [0.25, 0.3) is 0 Å². The van der Waals surface area contributed by atoms with Gasteiger partial charge in [-0.05, 0) is 31.0 Å². The third-order valence-corrected chi connectivity index (χ3v) is 4.36. The Balaban J connectivity index is 2.31. The summed E-state index contributed by atoms with van der Waals surface area (Å²) in [6.07, 6.45) is 0. The number of aromatic nitrogens is 2. The molecule has 4 heteroatoms. The summed E-state index contributed by atoms with van der Waals surface area (Å²) in [6.45, 7) is 4.20. The van der Waals surface area contributed by atoms with Crippen LogP contribution in [0.1, 0.15) is 11.1 Å². The van der Waals surface area contributed by atoms with Crippen molar-refractivity contribution in [3.05, 3.63) is 58.1 Å². The van der Waals surface area contributed by atoms with Crippen molar-refractivity contribution in [2.75, 3.05) is 5.73 Å². The Morgan fingerprint density at radius 1 is 0.952 bits per heavy atom. The molecule has 0 atom stereocenters. The van der Waals surface area contributed by atoms with Crippen molar-refractivity contribution in [2.24, 2.45) is 0 Å². The number of halogens is 1. The van der Waals surface area contributed by atoms with E-state index in [1.54, 1.807) is 0 Å². The van der Waals surface area contributed by atoms with Crippen LogP contribution in [0.5, 0.6) is 0 Å². The summed E-state index contributed by atoms with van der Waals surface area (Å²) in [7, 11) is 0. The van der Waals surface area contributed by atoms with Gasteiger partial charge in [0.15, 0.2) is 5.82 Å². The molecule has 0 spiro atoms. The number of nitrogens with two attached hydrogens (primary N) is 1. The summed E-state index contributed by atoms with van der Waals surface area (Å²) in [5.74, 6) is 0.513. The molecule has 106 valence electrons. The van der Waals surface area contributed by atoms with E-state index in [0.29, 0.717) is 5.82 Å². The van der Waals surface area contributed by atoms with E-state index >= 15 is 0 Å². The van der Waals surface area contributed by atoms with Crippen molar-refractivity contribution >= 4 is 21.7 Å². The third kappa shape index (κ3) is 2.36. The molecule has 3 N–H and O–H groups in total. The van der Waals surface area contributed by atoms with Crippen LogP contribution >= 0.6 is 15.9 Å². The van der Waals surface area contributed by atoms with Gasteiger partial charge in [-0.15, -0.1) is 0 Å². The third-order valence-electron chi connectivity index (χ3n) is 3.67. The van der Waals surface area contributed by atoms with Crippen molar-refractivity contribution < 1.29 is 0 Å². The number of aromatic amines is 1. The van der Waals surface area contributed by atoms with Crippen molar-refractivity contribution in [2.45, 2.75) is 13.8 Å². The Morgan fingerprint density at radius 2 is 1.62 bits per heavy atom. The van der Waals surface area contributed by atoms with Gasteiger partial charge in [-0.2, -0.15) is 5.10 Å². The molecule has 0 aliphatic rings. The van der Waals surface area contributed by atoms with Gasteiger partial charge in [-0.1, -0.05) is 52.3 Å². The second-order valence-corrected chi connectivity index (χ2v) is 5.96. The van der Waals surface area contributed by atoms with Gasteiger partial charge in [0, 0.05) is 15.6 Å². The molecule has 0 bridgehead atoms. The lowest BCUT2D eigenvalue weighted by Gasteiger charge is -2.11. The maximum atomic E-state index is 6.12. The zero-order valence-electron chi connectivity index (χ0n) is 11.9. The van der Waals surface area contributed by atoms with Crippen LogP contribution in [0.2, 0.25) is 0 Å². The van der Waals surface area contributed by atoms with Crippen LogP contribution in [0.4, 0.5) is 5.82 Å². The molecule has 0 saturated heterocycles. The number of hydrogen-bond donors (Lipinski definition) is 2. The van der Waals surface area contributed by atoms with Gasteiger partial charge in [0.1, 0.15) is 0 Å². The largest absolute Gasteiger partial charge is 0.382 e. The second-order valence-electron chi connectivity index (χ2n) is 5.11. The maximum absolute atomic E-state index is 6.12. The van der Waals surface area contributed by atoms with Crippen molar-refractivity contribution in [3.63, 3.8) is 0 Å². The molecular formula is C17H16BrN3. The van der Waals surface area contributed by atoms with Gasteiger partial charge in [0.2, 0.25) is 0 Å². The van der Waals surface area contributed by atoms with Gasteiger partial charge >= 0.3 is 0 Å². The molecule has 0 radical (unpaired) electrons. The number of rotatable bonds is 2. The van der Waals surface area contributed by atoms with Crippen LogP contribution in [0.3, 0.4) is 0 Å². The highest BCUT2D eigenvalue weighted by Crippen LogP contribution is 2.40. The van der Waals surface area contributed by atoms with E-state index < -0.39 is 0 Å². The number of benzene rings is 2. The van der Waals surface area contributed by atoms with Gasteiger partial charge in [-0.3, -0.25) is 5.10 Å². The Kier molecular flexibility index (Phi) is 3.55. The molecule has 0 unspecified atom stereocenters. The average molecular weight is 342 g/mol. The molecule has 21 heavy (non-hydrogen) atoms. The number of nitrogens with one attached hydrogen (secondary N) is 1. The van der Waals surface area contributed by atoms with Crippen LogP contribution in [0, 0.1) is 13.8 Å². The first-order valence-electron chi connectivity index (χ1n) is 6.75. The van der Waals surface area contributed by atoms with Crippen LogP contribution < -0.4 is 5.73 Å². The lowest BCUT2D eigenvalue weighted by Crippen LogP contribution is -1.92. The fourth-order valence-corrected chi connectivity index (χ4v) is 3.17. The topological polar surface area (TPSA) is 54.7 Å². The molecule has 0 amide bonds. The fraction of sp³-hybridized carbons (Fsp3) is 0.118. The number of aryl methyl sites for hydroxylation is 2. The number of H-pyrrole nitrogens is 1. The highest BCUT2D eigenvalue weighted by molar-refractivity contribution is 9.10. The highest BCUT2D eigenvalue weighted by Gasteiger charge is 2.19. The lowest BCUT2D eigenvalue weighted by molar-refractivity contribution is 1.10. The second kappa shape index (κ2) is 5.37. The molecule has 3 nitrogen and oxygen atoms in total. The predicted molar refractivity (Wildman–Crippen MR) is 91.0 cm³/mol. The minimum absolute atomic E-state index is 0.513. The molecule has 2 aromatic carbocycles. The summed E-state index contributed by atoms with van der Waals surface area (Å²) in [4.78, 5) is 0. The summed E-state index contributed by atoms with van der Waals surface area (Å²) < 4.78 is 1.01. The lowest BCUT2D eigenvalue weighted by atomic mass is 9.94. The summed E-state index contributed by atoms with van der Waals surface area (Å²) >= 11 is 3.60. The van der Waals surface area contributed by atoms with Crippen molar-refractivity contribution in [1.82, 2.24) is 10.2 Å². The molecule has 0 fully saturated rings. The fourth-order valence-electron chi connectivity index (χ4n) is 2.68. The standard InChI is InChI=1S/C17H16BrN3/c1-10-6-5-7-11(2)14(10)16-15(17(19)21-20-16)12-8-3-4-9-13(12)18/h3-9H,1-2H3,(H3,19,20,21). The molecule has 1 heterocycles. The van der Waals surface area contributed by atoms with E-state index in [0.717, 1.165) is 26.9 Å². The number of nitrogens with zero attached hydrogens (tertiary/aromatic N) is 1. The summed E-state index contributed by atoms with van der Waals surface area (Å²) in [6, 6.07) is 14.3. The zero-order valence-corrected chi connectivity index (χ0v) is 13.5. The average Bonchev–Trinajstić information content (AvgIpc) is 2.81. The summed E-state index contributed by atoms with van der Waals surface area (Å²) in [5, 5.41) is 7.33. The molecule has 1 aromatic heterocycles. The van der Waals surface area contributed by atoms with Gasteiger partial charge < -0.3 is 5.73 Å². The Bertz CT molecular complexity index is 785. The molecule has 0 saturated carbocycles. The predicted octanol–water partition coefficient (Wildman–Crippen LogP) is 4.71. The quantitative estimate of drug-likeness (QED) is 0.709. The van der Waals surface area contributed by atoms with E-state index in [1.165, 1.54) is 11.1 Å². The first-order chi connectivity index (χ1) is 10.1. The Hall–Kier alpha value is -2.07. The normalized spacial score (nSPS) is 10.8. The van der Waals surface area contributed by atoms with Crippen LogP contribution in [0.25, 0.3) is 22.4 Å². The van der Waals surface area contributed by atoms with E-state index in [2.05, 4.69) is 58.2 Å². The molecule has 3 rings (SSSR count). The van der Waals surface area contributed by atoms with Crippen LogP contribution in [0.15, 0.2) is 46.9 Å². The van der Waals surface area contributed by atoms with Crippen LogP contribution in [-0.2, 0) is 0 Å². The van der Waals surface area contributed by atoms with Crippen LogP contribution in [-0.4, -0.2) is 10.2 Å². The monoisotopic (exact) mass is 341 g/mol. The van der Waals surface area contributed by atoms with Gasteiger partial charge in [0.05, 0.1) is 11.3 Å². The molecule has 3 aromatic rings. The van der Waals surface area contributed by atoms with Crippen molar-refractivity contribution in [3.8, 4) is 22.4 Å². The van der Waals surface area contributed by atoms with E-state index in [1.807, 2.05) is 24.3 Å². The molecule has 0 aliphatic heterocycles. The summed E-state index contributed by atoms with van der Waals surface area (Å²) in [5.41, 5.74) is 12.6. The van der Waals surface area contributed by atoms with Gasteiger partial charge in [-0.25, -0.2) is 0 Å². The first kappa shape index (κ1) is 13.9. The van der Waals surface area contributed by atoms with E-state index in [9.17, 15) is 0 Å². The molecule has 0 aliphatic carbocycles. The Labute approximate surface area is 132 Å². The SMILES string of the molecule is Cc1cccc(C)c1-c1[nH]nc(N)c1-c1ccccc1Br. The maximum Gasteiger partial charge on any atom is 0.153 e. The highest BCUT2D eigenvalue weighted by atomic mass is 79.9. The Morgan fingerprint density at radius 3 is 2.29 bits per heavy atom. The zero-order chi connectivity index (χ0) is 15.0. The smallest absolute Gasteiger partial charge is 0.153 e. The first-order valence-corrected chi connectivity index (χ1v) is 7.54. The minimum atomic E-state index is 0.513. The van der Waals surface area contributed by atoms with Crippen molar-refractivity contribution in [1.29, 1.82) is 0 Å². The van der Waals surface area contributed by atoms with E-state index in [-0.39, 0.29) is 0 Å². The number of nitrogen functional groups attached to an aromatic ring is 1.